The average Bonchev–Trinajstić information content (AvgIpc) is 2.93. The molecule has 0 radical (unpaired) electrons. The summed E-state index contributed by atoms with van der Waals surface area (Å²) < 4.78 is 10.5. The van der Waals surface area contributed by atoms with Gasteiger partial charge in [-0.2, -0.15) is 0 Å². The van der Waals surface area contributed by atoms with Crippen molar-refractivity contribution in [2.24, 2.45) is 0 Å². The quantitative estimate of drug-likeness (QED) is 0.879. The largest absolute Gasteiger partial charge is 0.493 e. The third kappa shape index (κ3) is 3.21. The van der Waals surface area contributed by atoms with E-state index in [2.05, 4.69) is 22.4 Å². The maximum absolute atomic E-state index is 5.29. The predicted molar refractivity (Wildman–Crippen MR) is 75.8 cm³/mol. The lowest BCUT2D eigenvalue weighted by Gasteiger charge is -2.07. The lowest BCUT2D eigenvalue weighted by Crippen LogP contribution is -2.11. The fourth-order valence-electron chi connectivity index (χ4n) is 1.64. The van der Waals surface area contributed by atoms with E-state index < -0.39 is 0 Å². The molecule has 2 aromatic rings. The Morgan fingerprint density at radius 3 is 2.63 bits per heavy atom. The van der Waals surface area contributed by atoms with E-state index in [-0.39, 0.29) is 0 Å². The lowest BCUT2D eigenvalue weighted by molar-refractivity contribution is 0.355. The van der Waals surface area contributed by atoms with Crippen molar-refractivity contribution >= 4 is 11.3 Å². The molecule has 0 unspecified atom stereocenters. The van der Waals surface area contributed by atoms with Gasteiger partial charge in [-0.25, -0.2) is 0 Å². The Kier molecular flexibility index (Phi) is 4.70. The van der Waals surface area contributed by atoms with E-state index >= 15 is 0 Å². The summed E-state index contributed by atoms with van der Waals surface area (Å²) in [5, 5.41) is 13.5. The van der Waals surface area contributed by atoms with Gasteiger partial charge in [-0.3, -0.25) is 0 Å². The van der Waals surface area contributed by atoms with Crippen LogP contribution in [0.3, 0.4) is 0 Å². The molecule has 2 rings (SSSR count). The summed E-state index contributed by atoms with van der Waals surface area (Å²) in [6.07, 6.45) is 0. The van der Waals surface area contributed by atoms with E-state index in [0.717, 1.165) is 28.7 Å². The number of rotatable bonds is 6. The highest BCUT2D eigenvalue weighted by Gasteiger charge is 2.10. The predicted octanol–water partition coefficient (Wildman–Crippen LogP) is 2.33. The Hall–Kier alpha value is -1.66. The molecule has 0 aliphatic rings. The van der Waals surface area contributed by atoms with Crippen LogP contribution in [0.1, 0.15) is 11.9 Å². The van der Waals surface area contributed by atoms with Crippen LogP contribution in [0, 0.1) is 0 Å². The van der Waals surface area contributed by atoms with Gasteiger partial charge < -0.3 is 14.8 Å². The molecule has 6 heteroatoms. The average molecular weight is 279 g/mol. The number of benzene rings is 1. The zero-order chi connectivity index (χ0) is 13.7. The van der Waals surface area contributed by atoms with Crippen molar-refractivity contribution < 1.29 is 9.47 Å². The summed E-state index contributed by atoms with van der Waals surface area (Å²) in [7, 11) is 3.25. The number of methoxy groups -OCH3 is 2. The Balaban J connectivity index is 2.23. The number of nitrogens with one attached hydrogen (secondary N) is 1. The van der Waals surface area contributed by atoms with Gasteiger partial charge in [0.1, 0.15) is 10.0 Å². The minimum absolute atomic E-state index is 0.698. The SMILES string of the molecule is CCNCc1nnc(-c2ccc(OC)c(OC)c2)s1. The van der Waals surface area contributed by atoms with Crippen LogP contribution in [0.4, 0.5) is 0 Å². The molecule has 0 aliphatic carbocycles. The van der Waals surface area contributed by atoms with Crippen molar-refractivity contribution in [1.82, 2.24) is 15.5 Å². The first-order valence-corrected chi connectivity index (χ1v) is 6.85. The molecule has 19 heavy (non-hydrogen) atoms. The van der Waals surface area contributed by atoms with E-state index in [1.54, 1.807) is 25.6 Å². The van der Waals surface area contributed by atoms with Crippen molar-refractivity contribution in [3.63, 3.8) is 0 Å². The summed E-state index contributed by atoms with van der Waals surface area (Å²) in [6, 6.07) is 5.74. The lowest BCUT2D eigenvalue weighted by atomic mass is 10.2. The maximum atomic E-state index is 5.29. The van der Waals surface area contributed by atoms with Gasteiger partial charge in [0.15, 0.2) is 11.5 Å². The van der Waals surface area contributed by atoms with Gasteiger partial charge in [0.05, 0.1) is 14.2 Å². The highest BCUT2D eigenvalue weighted by molar-refractivity contribution is 7.14. The van der Waals surface area contributed by atoms with Crippen LogP contribution >= 0.6 is 11.3 Å². The van der Waals surface area contributed by atoms with Crippen molar-refractivity contribution in [2.45, 2.75) is 13.5 Å². The van der Waals surface area contributed by atoms with Crippen LogP contribution in [0.15, 0.2) is 18.2 Å². The van der Waals surface area contributed by atoms with Crippen LogP contribution in [-0.4, -0.2) is 31.0 Å². The molecule has 0 amide bonds. The summed E-state index contributed by atoms with van der Waals surface area (Å²) in [4.78, 5) is 0. The molecular weight excluding hydrogens is 262 g/mol. The van der Waals surface area contributed by atoms with Crippen molar-refractivity contribution in [1.29, 1.82) is 0 Å². The topological polar surface area (TPSA) is 56.3 Å². The van der Waals surface area contributed by atoms with Gasteiger partial charge in [-0.05, 0) is 24.7 Å². The summed E-state index contributed by atoms with van der Waals surface area (Å²) in [6.45, 7) is 3.74. The Morgan fingerprint density at radius 2 is 1.95 bits per heavy atom. The minimum atomic E-state index is 0.698. The maximum Gasteiger partial charge on any atom is 0.161 e. The molecule has 1 N–H and O–H groups in total. The standard InChI is InChI=1S/C13H17N3O2S/c1-4-14-8-12-15-16-13(19-12)9-5-6-10(17-2)11(7-9)18-3/h5-7,14H,4,8H2,1-3H3. The fourth-order valence-corrected chi connectivity index (χ4v) is 2.45. The highest BCUT2D eigenvalue weighted by atomic mass is 32.1. The number of hydrogen-bond acceptors (Lipinski definition) is 6. The molecule has 1 heterocycles. The fraction of sp³-hybridized carbons (Fsp3) is 0.385. The van der Waals surface area contributed by atoms with Gasteiger partial charge in [-0.15, -0.1) is 10.2 Å². The first kappa shape index (κ1) is 13.8. The van der Waals surface area contributed by atoms with Crippen molar-refractivity contribution in [3.05, 3.63) is 23.2 Å². The molecule has 1 aromatic heterocycles. The summed E-state index contributed by atoms with van der Waals surface area (Å²) in [5.41, 5.74) is 0.984. The molecule has 0 aliphatic heterocycles. The van der Waals surface area contributed by atoms with E-state index in [0.29, 0.717) is 11.5 Å². The highest BCUT2D eigenvalue weighted by Crippen LogP contribution is 2.33. The zero-order valence-electron chi connectivity index (χ0n) is 11.3. The zero-order valence-corrected chi connectivity index (χ0v) is 12.1. The van der Waals surface area contributed by atoms with E-state index in [1.807, 2.05) is 18.2 Å². The molecule has 0 saturated carbocycles. The molecular formula is C13H17N3O2S. The Bertz CT molecular complexity index is 542. The third-order valence-electron chi connectivity index (χ3n) is 2.62. The number of aromatic nitrogens is 2. The van der Waals surface area contributed by atoms with Crippen molar-refractivity contribution in [3.8, 4) is 22.1 Å². The van der Waals surface area contributed by atoms with Crippen LogP contribution in [0.5, 0.6) is 11.5 Å². The van der Waals surface area contributed by atoms with Crippen molar-refractivity contribution in [2.75, 3.05) is 20.8 Å². The molecule has 0 spiro atoms. The van der Waals surface area contributed by atoms with Crippen LogP contribution in [-0.2, 0) is 6.54 Å². The molecule has 0 fully saturated rings. The molecule has 0 saturated heterocycles. The normalized spacial score (nSPS) is 10.5. The first-order chi connectivity index (χ1) is 9.28. The molecule has 0 bridgehead atoms. The number of hydrogen-bond donors (Lipinski definition) is 1. The van der Waals surface area contributed by atoms with Crippen LogP contribution < -0.4 is 14.8 Å². The molecule has 102 valence electrons. The van der Waals surface area contributed by atoms with Crippen LogP contribution in [0.25, 0.3) is 10.6 Å². The smallest absolute Gasteiger partial charge is 0.161 e. The molecule has 0 atom stereocenters. The second-order valence-electron chi connectivity index (χ2n) is 3.85. The molecule has 1 aromatic carbocycles. The third-order valence-corrected chi connectivity index (χ3v) is 3.60. The Morgan fingerprint density at radius 1 is 1.16 bits per heavy atom. The van der Waals surface area contributed by atoms with E-state index in [1.165, 1.54) is 0 Å². The van der Waals surface area contributed by atoms with E-state index in [4.69, 9.17) is 9.47 Å². The first-order valence-electron chi connectivity index (χ1n) is 6.04. The van der Waals surface area contributed by atoms with Gasteiger partial charge in [0, 0.05) is 12.1 Å². The molecule has 5 nitrogen and oxygen atoms in total. The van der Waals surface area contributed by atoms with Gasteiger partial charge >= 0.3 is 0 Å². The minimum Gasteiger partial charge on any atom is -0.493 e. The number of ether oxygens (including phenoxy) is 2. The van der Waals surface area contributed by atoms with Gasteiger partial charge in [0.2, 0.25) is 0 Å². The number of nitrogens with zero attached hydrogens (tertiary/aromatic N) is 2. The van der Waals surface area contributed by atoms with E-state index in [9.17, 15) is 0 Å². The second-order valence-corrected chi connectivity index (χ2v) is 4.91. The summed E-state index contributed by atoms with van der Waals surface area (Å²) in [5.74, 6) is 1.41. The second kappa shape index (κ2) is 6.49. The summed E-state index contributed by atoms with van der Waals surface area (Å²) >= 11 is 1.58. The monoisotopic (exact) mass is 279 g/mol. The van der Waals surface area contributed by atoms with Gasteiger partial charge in [0.25, 0.3) is 0 Å². The van der Waals surface area contributed by atoms with Gasteiger partial charge in [-0.1, -0.05) is 18.3 Å². The Labute approximate surface area is 116 Å². The van der Waals surface area contributed by atoms with Crippen LogP contribution in [0.2, 0.25) is 0 Å².